The Labute approximate surface area is 71.9 Å². The van der Waals surface area contributed by atoms with Crippen molar-refractivity contribution in [2.24, 2.45) is 0 Å². The lowest BCUT2D eigenvalue weighted by Gasteiger charge is -1.99. The minimum absolute atomic E-state index is 0.478. The first-order chi connectivity index (χ1) is 5.76. The summed E-state index contributed by atoms with van der Waals surface area (Å²) < 4.78 is 0. The Morgan fingerprint density at radius 2 is 2.25 bits per heavy atom. The Bertz CT molecular complexity index is 284. The van der Waals surface area contributed by atoms with Gasteiger partial charge in [0.2, 0.25) is 0 Å². The second-order valence-electron chi connectivity index (χ2n) is 2.72. The van der Waals surface area contributed by atoms with E-state index < -0.39 is 0 Å². The fourth-order valence-corrected chi connectivity index (χ4v) is 1.05. The van der Waals surface area contributed by atoms with Crippen LogP contribution in [0, 0.1) is 6.92 Å². The predicted molar refractivity (Wildman–Crippen MR) is 46.2 cm³/mol. The van der Waals surface area contributed by atoms with Crippen molar-refractivity contribution in [1.82, 2.24) is 9.97 Å². The van der Waals surface area contributed by atoms with Gasteiger partial charge in [0, 0.05) is 12.1 Å². The van der Waals surface area contributed by atoms with E-state index in [1.54, 1.807) is 6.07 Å². The minimum Gasteiger partial charge on any atom is -0.296 e. The molecule has 64 valence electrons. The van der Waals surface area contributed by atoms with Crippen LogP contribution in [0.25, 0.3) is 0 Å². The third-order valence-corrected chi connectivity index (χ3v) is 1.51. The summed E-state index contributed by atoms with van der Waals surface area (Å²) in [4.78, 5) is 18.7. The molecule has 1 rings (SSSR count). The maximum Gasteiger partial charge on any atom is 0.168 e. The van der Waals surface area contributed by atoms with Gasteiger partial charge >= 0.3 is 0 Å². The minimum atomic E-state index is 0.478. The van der Waals surface area contributed by atoms with Crippen LogP contribution in [-0.2, 0) is 6.42 Å². The average Bonchev–Trinajstić information content (AvgIpc) is 2.04. The average molecular weight is 164 g/mol. The van der Waals surface area contributed by atoms with Crippen LogP contribution in [-0.4, -0.2) is 16.3 Å². The molecule has 0 unspecified atom stereocenters. The molecule has 1 aromatic rings. The van der Waals surface area contributed by atoms with E-state index >= 15 is 0 Å². The molecule has 3 heteroatoms. The van der Waals surface area contributed by atoms with Crippen molar-refractivity contribution in [3.8, 4) is 0 Å². The van der Waals surface area contributed by atoms with E-state index in [1.807, 2.05) is 6.92 Å². The molecule has 0 spiro atoms. The summed E-state index contributed by atoms with van der Waals surface area (Å²) in [6.45, 7) is 3.93. The number of nitrogens with zero attached hydrogens (tertiary/aromatic N) is 2. The summed E-state index contributed by atoms with van der Waals surface area (Å²) in [6.07, 6.45) is 2.60. The molecule has 0 N–H and O–H groups in total. The maximum absolute atomic E-state index is 10.4. The molecule has 0 aliphatic heterocycles. The number of aryl methyl sites for hydroxylation is 2. The maximum atomic E-state index is 10.4. The lowest BCUT2D eigenvalue weighted by molar-refractivity contribution is 0.111. The smallest absolute Gasteiger partial charge is 0.168 e. The highest BCUT2D eigenvalue weighted by Crippen LogP contribution is 2.00. The predicted octanol–water partition coefficient (Wildman–Crippen LogP) is 1.55. The first-order valence-corrected chi connectivity index (χ1v) is 4.06. The number of rotatable bonds is 3. The molecule has 0 saturated carbocycles. The summed E-state index contributed by atoms with van der Waals surface area (Å²) in [5.41, 5.74) is 1.33. The van der Waals surface area contributed by atoms with Crippen LogP contribution in [0.1, 0.15) is 35.4 Å². The van der Waals surface area contributed by atoms with E-state index in [2.05, 4.69) is 16.9 Å². The van der Waals surface area contributed by atoms with E-state index in [4.69, 9.17) is 0 Å². The molecule has 0 bridgehead atoms. The van der Waals surface area contributed by atoms with E-state index in [0.29, 0.717) is 5.69 Å². The molecule has 0 aliphatic carbocycles. The van der Waals surface area contributed by atoms with Crippen molar-refractivity contribution in [1.29, 1.82) is 0 Å². The van der Waals surface area contributed by atoms with E-state index in [1.165, 1.54) is 0 Å². The molecule has 1 aromatic heterocycles. The standard InChI is InChI=1S/C9H12N2O/c1-3-4-9-10-7(2)5-8(6-12)11-9/h5-6H,3-4H2,1-2H3. The van der Waals surface area contributed by atoms with Gasteiger partial charge in [-0.2, -0.15) is 0 Å². The summed E-state index contributed by atoms with van der Waals surface area (Å²) in [6, 6.07) is 1.69. The molecule has 0 aromatic carbocycles. The second-order valence-corrected chi connectivity index (χ2v) is 2.72. The zero-order valence-corrected chi connectivity index (χ0v) is 7.37. The number of hydrogen-bond donors (Lipinski definition) is 0. The lowest BCUT2D eigenvalue weighted by atomic mass is 10.3. The van der Waals surface area contributed by atoms with Crippen molar-refractivity contribution in [2.75, 3.05) is 0 Å². The van der Waals surface area contributed by atoms with Gasteiger partial charge in [0.25, 0.3) is 0 Å². The molecule has 0 radical (unpaired) electrons. The monoisotopic (exact) mass is 164 g/mol. The molecular formula is C9H12N2O. The highest BCUT2D eigenvalue weighted by atomic mass is 16.1. The zero-order valence-electron chi connectivity index (χ0n) is 7.37. The number of hydrogen-bond acceptors (Lipinski definition) is 3. The molecule has 12 heavy (non-hydrogen) atoms. The first kappa shape index (κ1) is 8.84. The van der Waals surface area contributed by atoms with Gasteiger partial charge in [-0.25, -0.2) is 9.97 Å². The van der Waals surface area contributed by atoms with Crippen LogP contribution in [0.5, 0.6) is 0 Å². The topological polar surface area (TPSA) is 42.9 Å². The first-order valence-electron chi connectivity index (χ1n) is 4.06. The van der Waals surface area contributed by atoms with Gasteiger partial charge < -0.3 is 0 Å². The Kier molecular flexibility index (Phi) is 2.91. The fraction of sp³-hybridized carbons (Fsp3) is 0.444. The van der Waals surface area contributed by atoms with E-state index in [9.17, 15) is 4.79 Å². The summed E-state index contributed by atoms with van der Waals surface area (Å²) in [5.74, 6) is 0.764. The van der Waals surface area contributed by atoms with Crippen LogP contribution in [0.15, 0.2) is 6.07 Å². The largest absolute Gasteiger partial charge is 0.296 e. The highest BCUT2D eigenvalue weighted by Gasteiger charge is 1.99. The van der Waals surface area contributed by atoms with Gasteiger partial charge in [0.1, 0.15) is 11.5 Å². The van der Waals surface area contributed by atoms with Gasteiger partial charge in [-0.3, -0.25) is 4.79 Å². The van der Waals surface area contributed by atoms with Gasteiger partial charge in [0.15, 0.2) is 6.29 Å². The molecular weight excluding hydrogens is 152 g/mol. The Morgan fingerprint density at radius 1 is 1.50 bits per heavy atom. The van der Waals surface area contributed by atoms with E-state index in [-0.39, 0.29) is 0 Å². The molecule has 0 aliphatic rings. The molecule has 0 amide bonds. The van der Waals surface area contributed by atoms with Gasteiger partial charge in [-0.15, -0.1) is 0 Å². The van der Waals surface area contributed by atoms with E-state index in [0.717, 1.165) is 30.6 Å². The SMILES string of the molecule is CCCc1nc(C)cc(C=O)n1. The van der Waals surface area contributed by atoms with Crippen molar-refractivity contribution < 1.29 is 4.79 Å². The number of carbonyl (C=O) groups is 1. The van der Waals surface area contributed by atoms with Crippen LogP contribution in [0.2, 0.25) is 0 Å². The summed E-state index contributed by atoms with van der Waals surface area (Å²) >= 11 is 0. The second kappa shape index (κ2) is 3.95. The number of aromatic nitrogens is 2. The molecule has 0 atom stereocenters. The molecule has 0 fully saturated rings. The lowest BCUT2D eigenvalue weighted by Crippen LogP contribution is -2.00. The molecule has 3 nitrogen and oxygen atoms in total. The van der Waals surface area contributed by atoms with Gasteiger partial charge in [-0.1, -0.05) is 6.92 Å². The number of carbonyl (C=O) groups excluding carboxylic acids is 1. The number of aldehydes is 1. The molecule has 1 heterocycles. The van der Waals surface area contributed by atoms with Gasteiger partial charge in [-0.05, 0) is 19.4 Å². The van der Waals surface area contributed by atoms with Gasteiger partial charge in [0.05, 0.1) is 0 Å². The van der Waals surface area contributed by atoms with Crippen LogP contribution in [0.3, 0.4) is 0 Å². The summed E-state index contributed by atoms with van der Waals surface area (Å²) in [7, 11) is 0. The van der Waals surface area contributed by atoms with Crippen molar-refractivity contribution in [3.63, 3.8) is 0 Å². The highest BCUT2D eigenvalue weighted by molar-refractivity contribution is 5.71. The Morgan fingerprint density at radius 3 is 2.83 bits per heavy atom. The van der Waals surface area contributed by atoms with Crippen LogP contribution >= 0.6 is 0 Å². The normalized spacial score (nSPS) is 9.83. The summed E-state index contributed by atoms with van der Waals surface area (Å²) in [5, 5.41) is 0. The fourth-order valence-electron chi connectivity index (χ4n) is 1.05. The Balaban J connectivity index is 2.97. The van der Waals surface area contributed by atoms with Crippen LogP contribution < -0.4 is 0 Å². The van der Waals surface area contributed by atoms with Crippen molar-refractivity contribution >= 4 is 6.29 Å². The quantitative estimate of drug-likeness (QED) is 0.636. The zero-order chi connectivity index (χ0) is 8.97. The third kappa shape index (κ3) is 2.12. The molecule has 0 saturated heterocycles. The van der Waals surface area contributed by atoms with Crippen molar-refractivity contribution in [2.45, 2.75) is 26.7 Å². The van der Waals surface area contributed by atoms with Crippen molar-refractivity contribution in [3.05, 3.63) is 23.3 Å². The third-order valence-electron chi connectivity index (χ3n) is 1.51. The Hall–Kier alpha value is -1.25. The van der Waals surface area contributed by atoms with Crippen LogP contribution in [0.4, 0.5) is 0 Å².